The Kier molecular flexibility index (Phi) is 5.74. The van der Waals surface area contributed by atoms with Crippen molar-refractivity contribution in [3.05, 3.63) is 59.7 Å². The Hall–Kier alpha value is -2.82. The molecule has 2 N–H and O–H groups in total. The zero-order valence-corrected chi connectivity index (χ0v) is 13.3. The van der Waals surface area contributed by atoms with Crippen molar-refractivity contribution in [1.29, 1.82) is 0 Å². The molecule has 0 bridgehead atoms. The lowest BCUT2D eigenvalue weighted by Gasteiger charge is -2.10. The Morgan fingerprint density at radius 3 is 2.48 bits per heavy atom. The molecule has 0 aromatic heterocycles. The number of amides is 2. The van der Waals surface area contributed by atoms with Crippen molar-refractivity contribution in [3.8, 4) is 5.75 Å². The Labute approximate surface area is 135 Å². The normalized spacial score (nSPS) is 10.0. The summed E-state index contributed by atoms with van der Waals surface area (Å²) in [5, 5.41) is 5.32. The van der Waals surface area contributed by atoms with Crippen LogP contribution in [0.2, 0.25) is 0 Å². The Balaban J connectivity index is 1.75. The van der Waals surface area contributed by atoms with E-state index >= 15 is 0 Å². The largest absolute Gasteiger partial charge is 0.484 e. The molecular formula is C18H20N2O3. The van der Waals surface area contributed by atoms with Gasteiger partial charge in [-0.25, -0.2) is 0 Å². The maximum Gasteiger partial charge on any atom is 0.258 e. The van der Waals surface area contributed by atoms with Crippen LogP contribution in [0.25, 0.3) is 0 Å². The van der Waals surface area contributed by atoms with Gasteiger partial charge in [0, 0.05) is 5.69 Å². The molecule has 0 fully saturated rings. The van der Waals surface area contributed by atoms with Crippen LogP contribution < -0.4 is 15.4 Å². The molecule has 0 aliphatic rings. The van der Waals surface area contributed by atoms with Gasteiger partial charge in [-0.2, -0.15) is 0 Å². The molecule has 0 atom stereocenters. The highest BCUT2D eigenvalue weighted by Crippen LogP contribution is 2.15. The van der Waals surface area contributed by atoms with E-state index in [4.69, 9.17) is 4.74 Å². The van der Waals surface area contributed by atoms with E-state index in [-0.39, 0.29) is 25.0 Å². The van der Waals surface area contributed by atoms with E-state index in [0.29, 0.717) is 5.75 Å². The van der Waals surface area contributed by atoms with Crippen LogP contribution in [0, 0.1) is 13.8 Å². The van der Waals surface area contributed by atoms with Gasteiger partial charge < -0.3 is 15.4 Å². The summed E-state index contributed by atoms with van der Waals surface area (Å²) in [4.78, 5) is 23.6. The van der Waals surface area contributed by atoms with Gasteiger partial charge in [0.05, 0.1) is 6.54 Å². The van der Waals surface area contributed by atoms with Crippen LogP contribution in [0.15, 0.2) is 48.5 Å². The Morgan fingerprint density at radius 2 is 1.74 bits per heavy atom. The molecule has 0 unspecified atom stereocenters. The van der Waals surface area contributed by atoms with E-state index in [0.717, 1.165) is 16.8 Å². The van der Waals surface area contributed by atoms with Crippen molar-refractivity contribution in [1.82, 2.24) is 5.32 Å². The lowest BCUT2D eigenvalue weighted by Crippen LogP contribution is -2.35. The molecule has 5 nitrogen and oxygen atoms in total. The summed E-state index contributed by atoms with van der Waals surface area (Å²) >= 11 is 0. The molecular weight excluding hydrogens is 292 g/mol. The fourth-order valence-electron chi connectivity index (χ4n) is 1.96. The lowest BCUT2D eigenvalue weighted by molar-refractivity contribution is -0.125. The number of carbonyl (C=O) groups is 2. The minimum Gasteiger partial charge on any atom is -0.484 e. The van der Waals surface area contributed by atoms with Crippen LogP contribution in [0.5, 0.6) is 5.75 Å². The standard InChI is InChI=1S/C18H20N2O3/c1-13-8-9-14(2)16(10-13)20-17(21)11-19-18(22)12-23-15-6-4-3-5-7-15/h3-10H,11-12H2,1-2H3,(H,19,22)(H,20,21). The van der Waals surface area contributed by atoms with Gasteiger partial charge in [0.1, 0.15) is 5.75 Å². The quantitative estimate of drug-likeness (QED) is 0.861. The first-order chi connectivity index (χ1) is 11.0. The van der Waals surface area contributed by atoms with Crippen LogP contribution >= 0.6 is 0 Å². The number of benzene rings is 2. The number of rotatable bonds is 6. The minimum atomic E-state index is -0.343. The third-order valence-corrected chi connectivity index (χ3v) is 3.23. The van der Waals surface area contributed by atoms with Crippen molar-refractivity contribution in [3.63, 3.8) is 0 Å². The van der Waals surface area contributed by atoms with Gasteiger partial charge in [0.15, 0.2) is 6.61 Å². The number of carbonyl (C=O) groups excluding carboxylic acids is 2. The zero-order chi connectivity index (χ0) is 16.7. The van der Waals surface area contributed by atoms with E-state index in [2.05, 4.69) is 10.6 Å². The predicted octanol–water partition coefficient (Wildman–Crippen LogP) is 2.44. The molecule has 0 saturated carbocycles. The number of para-hydroxylation sites is 1. The summed E-state index contributed by atoms with van der Waals surface area (Å²) in [6.07, 6.45) is 0. The van der Waals surface area contributed by atoms with Crippen LogP contribution in [-0.4, -0.2) is 25.0 Å². The van der Waals surface area contributed by atoms with E-state index in [1.807, 2.05) is 50.2 Å². The summed E-state index contributed by atoms with van der Waals surface area (Å²) in [7, 11) is 0. The van der Waals surface area contributed by atoms with Gasteiger partial charge in [-0.3, -0.25) is 9.59 Å². The van der Waals surface area contributed by atoms with Crippen LogP contribution in [0.4, 0.5) is 5.69 Å². The van der Waals surface area contributed by atoms with Crippen molar-refractivity contribution in [2.45, 2.75) is 13.8 Å². The fourth-order valence-corrected chi connectivity index (χ4v) is 1.96. The predicted molar refractivity (Wildman–Crippen MR) is 89.5 cm³/mol. The monoisotopic (exact) mass is 312 g/mol. The molecule has 0 spiro atoms. The van der Waals surface area contributed by atoms with E-state index in [1.165, 1.54) is 0 Å². The van der Waals surface area contributed by atoms with Crippen LogP contribution in [0.3, 0.4) is 0 Å². The third kappa shape index (κ3) is 5.47. The van der Waals surface area contributed by atoms with Gasteiger partial charge in [-0.15, -0.1) is 0 Å². The molecule has 0 radical (unpaired) electrons. The molecule has 2 amide bonds. The van der Waals surface area contributed by atoms with Gasteiger partial charge in [-0.1, -0.05) is 30.3 Å². The van der Waals surface area contributed by atoms with E-state index < -0.39 is 0 Å². The fraction of sp³-hybridized carbons (Fsp3) is 0.222. The molecule has 2 rings (SSSR count). The zero-order valence-electron chi connectivity index (χ0n) is 13.3. The second-order valence-electron chi connectivity index (χ2n) is 5.25. The molecule has 120 valence electrons. The molecule has 2 aromatic rings. The number of ether oxygens (including phenoxy) is 1. The molecule has 2 aromatic carbocycles. The molecule has 0 aliphatic carbocycles. The summed E-state index contributed by atoms with van der Waals surface area (Å²) < 4.78 is 5.31. The highest BCUT2D eigenvalue weighted by atomic mass is 16.5. The summed E-state index contributed by atoms with van der Waals surface area (Å²) in [6.45, 7) is 3.66. The number of anilines is 1. The highest BCUT2D eigenvalue weighted by Gasteiger charge is 2.08. The Morgan fingerprint density at radius 1 is 1.00 bits per heavy atom. The topological polar surface area (TPSA) is 67.4 Å². The summed E-state index contributed by atoms with van der Waals surface area (Å²) in [6, 6.07) is 14.9. The van der Waals surface area contributed by atoms with Gasteiger partial charge in [-0.05, 0) is 43.2 Å². The first kappa shape index (κ1) is 16.5. The van der Waals surface area contributed by atoms with E-state index in [1.54, 1.807) is 12.1 Å². The highest BCUT2D eigenvalue weighted by molar-refractivity contribution is 5.95. The minimum absolute atomic E-state index is 0.0929. The lowest BCUT2D eigenvalue weighted by atomic mass is 10.1. The Bertz CT molecular complexity index is 684. The first-order valence-corrected chi connectivity index (χ1v) is 7.36. The van der Waals surface area contributed by atoms with Crippen LogP contribution in [-0.2, 0) is 9.59 Å². The van der Waals surface area contributed by atoms with Crippen molar-refractivity contribution < 1.29 is 14.3 Å². The average Bonchev–Trinajstić information content (AvgIpc) is 2.55. The van der Waals surface area contributed by atoms with E-state index in [9.17, 15) is 9.59 Å². The maximum absolute atomic E-state index is 11.9. The van der Waals surface area contributed by atoms with Gasteiger partial charge in [0.25, 0.3) is 5.91 Å². The van der Waals surface area contributed by atoms with Crippen LogP contribution in [0.1, 0.15) is 11.1 Å². The average molecular weight is 312 g/mol. The second-order valence-corrected chi connectivity index (χ2v) is 5.25. The molecule has 0 aliphatic heterocycles. The third-order valence-electron chi connectivity index (χ3n) is 3.23. The molecule has 5 heteroatoms. The SMILES string of the molecule is Cc1ccc(C)c(NC(=O)CNC(=O)COc2ccccc2)c1. The summed E-state index contributed by atoms with van der Waals surface area (Å²) in [5.41, 5.74) is 2.79. The maximum atomic E-state index is 11.9. The second kappa shape index (κ2) is 7.98. The number of hydrogen-bond acceptors (Lipinski definition) is 3. The van der Waals surface area contributed by atoms with Crippen molar-refractivity contribution in [2.75, 3.05) is 18.5 Å². The summed E-state index contributed by atoms with van der Waals surface area (Å²) in [5.74, 6) is -0.000726. The smallest absolute Gasteiger partial charge is 0.258 e. The van der Waals surface area contributed by atoms with Crippen molar-refractivity contribution >= 4 is 17.5 Å². The molecule has 0 saturated heterocycles. The number of nitrogens with one attached hydrogen (secondary N) is 2. The number of aryl methyl sites for hydroxylation is 2. The molecule has 23 heavy (non-hydrogen) atoms. The van der Waals surface area contributed by atoms with Gasteiger partial charge >= 0.3 is 0 Å². The van der Waals surface area contributed by atoms with Crippen molar-refractivity contribution in [2.24, 2.45) is 0 Å². The molecule has 0 heterocycles. The number of hydrogen-bond donors (Lipinski definition) is 2. The van der Waals surface area contributed by atoms with Gasteiger partial charge in [0.2, 0.25) is 5.91 Å². The first-order valence-electron chi connectivity index (χ1n) is 7.36.